The smallest absolute Gasteiger partial charge is 0.309 e. The third-order valence-electron chi connectivity index (χ3n) is 4.21. The summed E-state index contributed by atoms with van der Waals surface area (Å²) in [6.07, 6.45) is 4.53. The molecule has 0 spiro atoms. The second-order valence-electron chi connectivity index (χ2n) is 5.64. The monoisotopic (exact) mass is 250 g/mol. The van der Waals surface area contributed by atoms with Gasteiger partial charge in [-0.1, -0.05) is 18.2 Å². The fourth-order valence-electron chi connectivity index (χ4n) is 2.86. The first kappa shape index (κ1) is 13.3. The highest BCUT2D eigenvalue weighted by atomic mass is 16.6. The van der Waals surface area contributed by atoms with Crippen molar-refractivity contribution in [2.45, 2.75) is 51.7 Å². The molecule has 2 bridgehead atoms. The molecule has 18 heavy (non-hydrogen) atoms. The molecule has 0 aromatic heterocycles. The molecular weight excluding hydrogens is 228 g/mol. The highest BCUT2D eigenvalue weighted by Crippen LogP contribution is 2.35. The van der Waals surface area contributed by atoms with Crippen molar-refractivity contribution in [1.29, 1.82) is 0 Å². The van der Waals surface area contributed by atoms with Crippen molar-refractivity contribution in [2.24, 2.45) is 11.8 Å². The van der Waals surface area contributed by atoms with Gasteiger partial charge in [-0.3, -0.25) is 4.79 Å². The fraction of sp³-hybridized carbons (Fsp3) is 0.667. The lowest BCUT2D eigenvalue weighted by atomic mass is 9.84. The van der Waals surface area contributed by atoms with Crippen LogP contribution in [-0.4, -0.2) is 23.3 Å². The number of carbonyl (C=O) groups excluding carboxylic acids is 1. The van der Waals surface area contributed by atoms with Crippen LogP contribution in [0.2, 0.25) is 0 Å². The molecule has 1 N–H and O–H groups in total. The van der Waals surface area contributed by atoms with Gasteiger partial charge in [0.05, 0.1) is 12.0 Å². The summed E-state index contributed by atoms with van der Waals surface area (Å²) in [5.74, 6) is 0.0367. The lowest BCUT2D eigenvalue weighted by molar-refractivity contribution is -0.145. The summed E-state index contributed by atoms with van der Waals surface area (Å²) in [6, 6.07) is 0. The fourth-order valence-corrected chi connectivity index (χ4v) is 2.86. The lowest BCUT2D eigenvalue weighted by Crippen LogP contribution is -2.21. The summed E-state index contributed by atoms with van der Waals surface area (Å²) in [6.45, 7) is 7.94. The number of ether oxygens (including phenoxy) is 1. The highest BCUT2D eigenvalue weighted by molar-refractivity contribution is 5.74. The Kier molecular flexibility index (Phi) is 3.91. The first-order chi connectivity index (χ1) is 8.49. The van der Waals surface area contributed by atoms with Crippen LogP contribution in [0.4, 0.5) is 0 Å². The van der Waals surface area contributed by atoms with Crippen molar-refractivity contribution in [3.05, 3.63) is 23.8 Å². The largest absolute Gasteiger partial charge is 0.461 e. The molecule has 1 aliphatic carbocycles. The minimum absolute atomic E-state index is 0.0284. The van der Waals surface area contributed by atoms with Gasteiger partial charge in [0.2, 0.25) is 0 Å². The van der Waals surface area contributed by atoms with Gasteiger partial charge in [-0.25, -0.2) is 0 Å². The zero-order valence-electron chi connectivity index (χ0n) is 11.2. The summed E-state index contributed by atoms with van der Waals surface area (Å²) in [4.78, 5) is 11.8. The topological polar surface area (TPSA) is 46.5 Å². The molecule has 0 aromatic rings. The number of allylic oxidation sites excluding steroid dienone is 1. The second kappa shape index (κ2) is 5.27. The van der Waals surface area contributed by atoms with Gasteiger partial charge in [0.15, 0.2) is 0 Å². The molecule has 0 unspecified atom stereocenters. The number of hydrogen-bond acceptors (Lipinski definition) is 3. The number of aliphatic hydroxyl groups excluding tert-OH is 1. The van der Waals surface area contributed by atoms with E-state index in [0.29, 0.717) is 12.8 Å². The quantitative estimate of drug-likeness (QED) is 0.575. The third kappa shape index (κ3) is 2.66. The average Bonchev–Trinajstić information content (AvgIpc) is 2.66. The number of rotatable bonds is 1. The van der Waals surface area contributed by atoms with Crippen LogP contribution in [0.15, 0.2) is 23.8 Å². The maximum absolute atomic E-state index is 11.8. The number of aliphatic hydroxyl groups is 1. The van der Waals surface area contributed by atoms with E-state index in [1.165, 1.54) is 0 Å². The first-order valence-corrected chi connectivity index (χ1v) is 6.69. The van der Waals surface area contributed by atoms with E-state index in [0.717, 1.165) is 24.0 Å². The van der Waals surface area contributed by atoms with Crippen molar-refractivity contribution in [3.8, 4) is 0 Å². The summed E-state index contributed by atoms with van der Waals surface area (Å²) in [5, 5.41) is 9.99. The van der Waals surface area contributed by atoms with E-state index in [-0.39, 0.29) is 23.9 Å². The molecule has 4 atom stereocenters. The summed E-state index contributed by atoms with van der Waals surface area (Å²) >= 11 is 0. The number of carbonyl (C=O) groups is 1. The molecular formula is C15H22O3. The summed E-state index contributed by atoms with van der Waals surface area (Å²) in [7, 11) is 0. The predicted octanol–water partition coefficient (Wildman–Crippen LogP) is 2.60. The van der Waals surface area contributed by atoms with Crippen molar-refractivity contribution in [2.75, 3.05) is 0 Å². The molecule has 1 aliphatic heterocycles. The zero-order valence-corrected chi connectivity index (χ0v) is 11.2. The minimum atomic E-state index is -0.430. The van der Waals surface area contributed by atoms with Gasteiger partial charge >= 0.3 is 5.97 Å². The Bertz CT molecular complexity index is 383. The van der Waals surface area contributed by atoms with Crippen molar-refractivity contribution < 1.29 is 14.6 Å². The molecule has 0 amide bonds. The maximum Gasteiger partial charge on any atom is 0.309 e. The van der Waals surface area contributed by atoms with Gasteiger partial charge < -0.3 is 9.84 Å². The molecule has 2 rings (SSSR count). The Morgan fingerprint density at radius 1 is 1.50 bits per heavy atom. The molecule has 100 valence electrons. The normalized spacial score (nSPS) is 36.8. The highest BCUT2D eigenvalue weighted by Gasteiger charge is 2.39. The molecule has 1 fully saturated rings. The molecule has 0 radical (unpaired) electrons. The molecule has 3 nitrogen and oxygen atoms in total. The Morgan fingerprint density at radius 2 is 2.22 bits per heavy atom. The Hall–Kier alpha value is -1.09. The lowest BCUT2D eigenvalue weighted by Gasteiger charge is -2.23. The van der Waals surface area contributed by atoms with Crippen molar-refractivity contribution in [3.63, 3.8) is 0 Å². The van der Waals surface area contributed by atoms with E-state index >= 15 is 0 Å². The van der Waals surface area contributed by atoms with Crippen LogP contribution in [-0.2, 0) is 9.53 Å². The van der Waals surface area contributed by atoms with Crippen LogP contribution in [0.3, 0.4) is 0 Å². The number of esters is 1. The van der Waals surface area contributed by atoms with Crippen molar-refractivity contribution >= 4 is 5.97 Å². The van der Waals surface area contributed by atoms with E-state index in [9.17, 15) is 9.90 Å². The maximum atomic E-state index is 11.8. The van der Waals surface area contributed by atoms with Crippen LogP contribution in [0.5, 0.6) is 0 Å². The summed E-state index contributed by atoms with van der Waals surface area (Å²) in [5.41, 5.74) is 2.04. The van der Waals surface area contributed by atoms with E-state index in [1.54, 1.807) is 0 Å². The standard InChI is InChI=1S/C15H22O3/c1-9(2)12-6-4-10(3)13(16)7-5-11-8-14(12)18-15(11)17/h4,11-14,16H,1,5-8H2,2-3H3/t11-,12-,13+,14-/m1/s1. The van der Waals surface area contributed by atoms with Gasteiger partial charge in [0.25, 0.3) is 0 Å². The van der Waals surface area contributed by atoms with Crippen molar-refractivity contribution in [1.82, 2.24) is 0 Å². The zero-order chi connectivity index (χ0) is 13.3. The van der Waals surface area contributed by atoms with Gasteiger partial charge in [-0.15, -0.1) is 0 Å². The van der Waals surface area contributed by atoms with E-state index in [2.05, 4.69) is 12.7 Å². The molecule has 3 heteroatoms. The molecule has 0 aromatic carbocycles. The van der Waals surface area contributed by atoms with Crippen LogP contribution in [0.1, 0.15) is 39.5 Å². The number of hydrogen-bond donors (Lipinski definition) is 1. The van der Waals surface area contributed by atoms with E-state index in [1.807, 2.05) is 13.8 Å². The predicted molar refractivity (Wildman–Crippen MR) is 69.9 cm³/mol. The van der Waals surface area contributed by atoms with Crippen LogP contribution in [0, 0.1) is 11.8 Å². The molecule has 1 heterocycles. The van der Waals surface area contributed by atoms with Crippen LogP contribution in [0.25, 0.3) is 0 Å². The van der Waals surface area contributed by atoms with E-state index < -0.39 is 6.10 Å². The summed E-state index contributed by atoms with van der Waals surface area (Å²) < 4.78 is 5.49. The van der Waals surface area contributed by atoms with E-state index in [4.69, 9.17) is 4.74 Å². The third-order valence-corrected chi connectivity index (χ3v) is 4.21. The molecule has 2 aliphatic rings. The first-order valence-electron chi connectivity index (χ1n) is 6.69. The van der Waals surface area contributed by atoms with Crippen LogP contribution >= 0.6 is 0 Å². The number of fused-ring (bicyclic) bond motifs is 2. The molecule has 1 saturated heterocycles. The minimum Gasteiger partial charge on any atom is -0.461 e. The Morgan fingerprint density at radius 3 is 2.89 bits per heavy atom. The van der Waals surface area contributed by atoms with Gasteiger partial charge in [-0.05, 0) is 45.1 Å². The average molecular weight is 250 g/mol. The van der Waals surface area contributed by atoms with Gasteiger partial charge in [-0.2, -0.15) is 0 Å². The SMILES string of the molecule is C=C(C)[C@H]1CC=C(C)[C@@H](O)CC[C@@H]2C[C@H]1OC2=O. The Labute approximate surface area is 109 Å². The molecule has 0 saturated carbocycles. The second-order valence-corrected chi connectivity index (χ2v) is 5.64. The Balaban J connectivity index is 2.24. The van der Waals surface area contributed by atoms with Gasteiger partial charge in [0, 0.05) is 5.92 Å². The van der Waals surface area contributed by atoms with Gasteiger partial charge in [0.1, 0.15) is 6.10 Å². The van der Waals surface area contributed by atoms with Crippen LogP contribution < -0.4 is 0 Å².